The Morgan fingerprint density at radius 1 is 1.00 bits per heavy atom. The van der Waals surface area contributed by atoms with E-state index < -0.39 is 0 Å². The Labute approximate surface area is 170 Å². The maximum atomic E-state index is 5.65. The van der Waals surface area contributed by atoms with Crippen molar-refractivity contribution in [2.45, 2.75) is 63.8 Å². The normalized spacial score (nSPS) is 25.8. The summed E-state index contributed by atoms with van der Waals surface area (Å²) in [5.41, 5.74) is 0.772. The predicted molar refractivity (Wildman–Crippen MR) is 115 cm³/mol. The van der Waals surface area contributed by atoms with Gasteiger partial charge in [-0.05, 0) is 63.5 Å². The molecule has 0 aromatic rings. The second-order valence-corrected chi connectivity index (χ2v) is 8.02. The molecule has 0 aromatic carbocycles. The molecule has 0 amide bonds. The Kier molecular flexibility index (Phi) is 8.27. The van der Waals surface area contributed by atoms with Gasteiger partial charge in [0.15, 0.2) is 5.96 Å². The zero-order valence-electron chi connectivity index (χ0n) is 16.1. The number of nitrogens with one attached hydrogen (secondary N) is 2. The van der Waals surface area contributed by atoms with Gasteiger partial charge >= 0.3 is 0 Å². The molecule has 0 aromatic heterocycles. The van der Waals surface area contributed by atoms with Crippen LogP contribution in [0.5, 0.6) is 0 Å². The van der Waals surface area contributed by atoms with Crippen molar-refractivity contribution in [3.63, 3.8) is 0 Å². The highest BCUT2D eigenvalue weighted by molar-refractivity contribution is 14.0. The molecule has 5 nitrogen and oxygen atoms in total. The standard InChI is InChI=1S/C19H36N4O.HI/c1-3-18(7-6-8-18)15-21-17(20-2)22-16-19(9-13-24-14-10-19)23-11-4-5-12-23;/h3-16H2,1-2H3,(H2,20,21,22);1H. The van der Waals surface area contributed by atoms with Gasteiger partial charge in [-0.15, -0.1) is 24.0 Å². The molecule has 3 aliphatic rings. The summed E-state index contributed by atoms with van der Waals surface area (Å²) in [6, 6.07) is 0. The molecular formula is C19H37IN4O. The highest BCUT2D eigenvalue weighted by Crippen LogP contribution is 2.43. The van der Waals surface area contributed by atoms with Gasteiger partial charge in [0.1, 0.15) is 0 Å². The summed E-state index contributed by atoms with van der Waals surface area (Å²) in [4.78, 5) is 7.17. The number of guanidine groups is 1. The Morgan fingerprint density at radius 3 is 2.16 bits per heavy atom. The zero-order valence-corrected chi connectivity index (χ0v) is 18.4. The molecule has 146 valence electrons. The maximum absolute atomic E-state index is 5.65. The van der Waals surface area contributed by atoms with E-state index in [2.05, 4.69) is 27.4 Å². The van der Waals surface area contributed by atoms with E-state index in [0.29, 0.717) is 5.41 Å². The Bertz CT molecular complexity index is 422. The topological polar surface area (TPSA) is 48.9 Å². The fraction of sp³-hybridized carbons (Fsp3) is 0.947. The largest absolute Gasteiger partial charge is 0.381 e. The number of hydrogen-bond donors (Lipinski definition) is 2. The van der Waals surface area contributed by atoms with Crippen LogP contribution in [0.1, 0.15) is 58.3 Å². The lowest BCUT2D eigenvalue weighted by Crippen LogP contribution is -2.59. The minimum absolute atomic E-state index is 0. The van der Waals surface area contributed by atoms with Gasteiger partial charge in [0.05, 0.1) is 0 Å². The highest BCUT2D eigenvalue weighted by atomic mass is 127. The van der Waals surface area contributed by atoms with E-state index in [9.17, 15) is 0 Å². The minimum atomic E-state index is 0. The van der Waals surface area contributed by atoms with Gasteiger partial charge in [0.2, 0.25) is 0 Å². The lowest BCUT2D eigenvalue weighted by atomic mass is 9.67. The highest BCUT2D eigenvalue weighted by Gasteiger charge is 2.40. The molecule has 0 bridgehead atoms. The van der Waals surface area contributed by atoms with Crippen molar-refractivity contribution in [1.29, 1.82) is 0 Å². The second-order valence-electron chi connectivity index (χ2n) is 8.02. The fourth-order valence-corrected chi connectivity index (χ4v) is 4.62. The van der Waals surface area contributed by atoms with Crippen molar-refractivity contribution in [3.8, 4) is 0 Å². The molecule has 2 N–H and O–H groups in total. The summed E-state index contributed by atoms with van der Waals surface area (Å²) >= 11 is 0. The molecule has 1 saturated carbocycles. The molecule has 0 unspecified atom stereocenters. The summed E-state index contributed by atoms with van der Waals surface area (Å²) in [6.45, 7) is 8.63. The average Bonchev–Trinajstić information content (AvgIpc) is 3.13. The lowest BCUT2D eigenvalue weighted by molar-refractivity contribution is -0.0164. The van der Waals surface area contributed by atoms with Crippen LogP contribution in [0.4, 0.5) is 0 Å². The molecule has 3 fully saturated rings. The number of likely N-dealkylation sites (tertiary alicyclic amines) is 1. The van der Waals surface area contributed by atoms with E-state index in [4.69, 9.17) is 4.74 Å². The quantitative estimate of drug-likeness (QED) is 0.361. The third-order valence-electron chi connectivity index (χ3n) is 6.80. The maximum Gasteiger partial charge on any atom is 0.191 e. The number of halogens is 1. The summed E-state index contributed by atoms with van der Waals surface area (Å²) in [5.74, 6) is 0.972. The molecule has 2 saturated heterocycles. The first-order chi connectivity index (χ1) is 11.7. The van der Waals surface area contributed by atoms with Gasteiger partial charge in [-0.1, -0.05) is 13.3 Å². The van der Waals surface area contributed by atoms with Gasteiger partial charge < -0.3 is 15.4 Å². The van der Waals surface area contributed by atoms with Gasteiger partial charge in [-0.25, -0.2) is 0 Å². The molecule has 0 atom stereocenters. The van der Waals surface area contributed by atoms with Crippen LogP contribution in [-0.4, -0.2) is 62.8 Å². The van der Waals surface area contributed by atoms with Gasteiger partial charge in [0, 0.05) is 38.9 Å². The first-order valence-corrected chi connectivity index (χ1v) is 9.99. The third-order valence-corrected chi connectivity index (χ3v) is 6.80. The van der Waals surface area contributed by atoms with E-state index >= 15 is 0 Å². The van der Waals surface area contributed by atoms with Crippen molar-refractivity contribution >= 4 is 29.9 Å². The molecule has 1 aliphatic carbocycles. The van der Waals surface area contributed by atoms with Crippen LogP contribution in [-0.2, 0) is 4.74 Å². The van der Waals surface area contributed by atoms with Gasteiger partial charge in [-0.3, -0.25) is 9.89 Å². The molecule has 3 rings (SSSR count). The van der Waals surface area contributed by atoms with Gasteiger partial charge in [-0.2, -0.15) is 0 Å². The fourth-order valence-electron chi connectivity index (χ4n) is 4.62. The van der Waals surface area contributed by atoms with Crippen molar-refractivity contribution in [2.75, 3.05) is 46.4 Å². The van der Waals surface area contributed by atoms with Crippen LogP contribution >= 0.6 is 24.0 Å². The Hall–Kier alpha value is -0.0800. The Balaban J connectivity index is 0.00000225. The van der Waals surface area contributed by atoms with Crippen LogP contribution in [0, 0.1) is 5.41 Å². The molecule has 2 heterocycles. The molecule has 25 heavy (non-hydrogen) atoms. The summed E-state index contributed by atoms with van der Waals surface area (Å²) < 4.78 is 5.65. The number of aliphatic imine (C=N–C) groups is 1. The number of rotatable bonds is 6. The van der Waals surface area contributed by atoms with Crippen LogP contribution in [0.15, 0.2) is 4.99 Å². The van der Waals surface area contributed by atoms with Crippen molar-refractivity contribution in [1.82, 2.24) is 15.5 Å². The van der Waals surface area contributed by atoms with Crippen LogP contribution < -0.4 is 10.6 Å². The zero-order chi connectivity index (χ0) is 16.9. The van der Waals surface area contributed by atoms with E-state index in [1.165, 1.54) is 51.6 Å². The summed E-state index contributed by atoms with van der Waals surface area (Å²) in [6.07, 6.45) is 10.3. The number of nitrogens with zero attached hydrogens (tertiary/aromatic N) is 2. The van der Waals surface area contributed by atoms with E-state index in [1.54, 1.807) is 0 Å². The van der Waals surface area contributed by atoms with Crippen molar-refractivity contribution < 1.29 is 4.74 Å². The van der Waals surface area contributed by atoms with E-state index in [1.807, 2.05) is 7.05 Å². The van der Waals surface area contributed by atoms with E-state index in [-0.39, 0.29) is 29.5 Å². The molecular weight excluding hydrogens is 427 g/mol. The number of hydrogen-bond acceptors (Lipinski definition) is 3. The summed E-state index contributed by atoms with van der Waals surface area (Å²) in [5, 5.41) is 7.24. The van der Waals surface area contributed by atoms with Gasteiger partial charge in [0.25, 0.3) is 0 Å². The first-order valence-electron chi connectivity index (χ1n) is 9.99. The van der Waals surface area contributed by atoms with Crippen LogP contribution in [0.25, 0.3) is 0 Å². The van der Waals surface area contributed by atoms with Crippen LogP contribution in [0.2, 0.25) is 0 Å². The SMILES string of the molecule is CCC1(CNC(=NC)NCC2(N3CCCC3)CCOCC2)CCC1.I. The first kappa shape index (κ1) is 21.2. The third kappa shape index (κ3) is 5.01. The smallest absolute Gasteiger partial charge is 0.191 e. The van der Waals surface area contributed by atoms with Crippen molar-refractivity contribution in [3.05, 3.63) is 0 Å². The lowest BCUT2D eigenvalue weighted by Gasteiger charge is -2.45. The second kappa shape index (κ2) is 9.74. The Morgan fingerprint density at radius 2 is 1.64 bits per heavy atom. The predicted octanol–water partition coefficient (Wildman–Crippen LogP) is 2.99. The molecule has 6 heteroatoms. The number of ether oxygens (including phenoxy) is 1. The molecule has 0 radical (unpaired) electrons. The summed E-state index contributed by atoms with van der Waals surface area (Å²) in [7, 11) is 1.89. The van der Waals surface area contributed by atoms with Crippen LogP contribution in [0.3, 0.4) is 0 Å². The minimum Gasteiger partial charge on any atom is -0.381 e. The monoisotopic (exact) mass is 464 g/mol. The average molecular weight is 464 g/mol. The molecule has 2 aliphatic heterocycles. The van der Waals surface area contributed by atoms with E-state index in [0.717, 1.165) is 45.1 Å². The molecule has 0 spiro atoms. The van der Waals surface area contributed by atoms with Crippen molar-refractivity contribution in [2.24, 2.45) is 10.4 Å².